The van der Waals surface area contributed by atoms with E-state index >= 15 is 0 Å². The first kappa shape index (κ1) is 9.43. The van der Waals surface area contributed by atoms with Gasteiger partial charge in [0.15, 0.2) is 10.7 Å². The highest BCUT2D eigenvalue weighted by molar-refractivity contribution is 7.75. The van der Waals surface area contributed by atoms with Gasteiger partial charge in [-0.1, -0.05) is 30.3 Å². The highest BCUT2D eigenvalue weighted by atomic mass is 32.2. The molecule has 0 amide bonds. The van der Waals surface area contributed by atoms with Gasteiger partial charge in [0.1, 0.15) is 4.21 Å². The number of benzene rings is 1. The predicted octanol–water partition coefficient (Wildman–Crippen LogP) is 2.39. The SMILES string of the molecule is O=[SH](=O)c1ccc(-c2ccccc2)s1. The predicted molar refractivity (Wildman–Crippen MR) is 58.3 cm³/mol. The standard InChI is InChI=1S/C10H8O2S2/c11-14(12)10-7-6-9(13-10)8-4-2-1-3-5-8/h1-7,14H. The maximum atomic E-state index is 10.7. The van der Waals surface area contributed by atoms with Crippen LogP contribution in [0.2, 0.25) is 0 Å². The molecule has 72 valence electrons. The molecule has 1 heterocycles. The van der Waals surface area contributed by atoms with E-state index in [1.807, 2.05) is 36.4 Å². The Kier molecular flexibility index (Phi) is 2.65. The van der Waals surface area contributed by atoms with Crippen molar-refractivity contribution in [3.05, 3.63) is 42.5 Å². The van der Waals surface area contributed by atoms with Gasteiger partial charge in [0.2, 0.25) is 0 Å². The van der Waals surface area contributed by atoms with E-state index in [1.165, 1.54) is 11.3 Å². The Balaban J connectivity index is 2.44. The normalized spacial score (nSPS) is 10.6. The summed E-state index contributed by atoms with van der Waals surface area (Å²) in [6, 6.07) is 13.2. The van der Waals surface area contributed by atoms with Crippen LogP contribution in [0.3, 0.4) is 0 Å². The Bertz CT molecular complexity index is 490. The summed E-state index contributed by atoms with van der Waals surface area (Å²) in [5, 5.41) is 0. The van der Waals surface area contributed by atoms with E-state index in [0.29, 0.717) is 4.21 Å². The van der Waals surface area contributed by atoms with Crippen LogP contribution in [0, 0.1) is 0 Å². The van der Waals surface area contributed by atoms with Gasteiger partial charge in [-0.05, 0) is 17.7 Å². The van der Waals surface area contributed by atoms with Gasteiger partial charge < -0.3 is 0 Å². The second kappa shape index (κ2) is 3.94. The fourth-order valence-corrected chi connectivity index (χ4v) is 2.72. The summed E-state index contributed by atoms with van der Waals surface area (Å²) in [5.41, 5.74) is 1.06. The van der Waals surface area contributed by atoms with Gasteiger partial charge in [-0.3, -0.25) is 0 Å². The Morgan fingerprint density at radius 1 is 0.929 bits per heavy atom. The van der Waals surface area contributed by atoms with Gasteiger partial charge in [-0.25, -0.2) is 8.42 Å². The average molecular weight is 224 g/mol. The van der Waals surface area contributed by atoms with Gasteiger partial charge in [0.05, 0.1) is 0 Å². The first-order chi connectivity index (χ1) is 6.77. The lowest BCUT2D eigenvalue weighted by atomic mass is 10.2. The molecule has 1 aromatic heterocycles. The molecule has 2 rings (SSSR count). The average Bonchev–Trinajstić information content (AvgIpc) is 2.68. The van der Waals surface area contributed by atoms with Crippen LogP contribution < -0.4 is 0 Å². The van der Waals surface area contributed by atoms with Gasteiger partial charge >= 0.3 is 0 Å². The highest BCUT2D eigenvalue weighted by Crippen LogP contribution is 2.28. The maximum Gasteiger partial charge on any atom is 0.177 e. The van der Waals surface area contributed by atoms with Crippen LogP contribution in [0.1, 0.15) is 0 Å². The van der Waals surface area contributed by atoms with Crippen molar-refractivity contribution in [2.45, 2.75) is 4.21 Å². The number of thiophene rings is 1. The van der Waals surface area contributed by atoms with Crippen LogP contribution in [0.4, 0.5) is 0 Å². The first-order valence-electron chi connectivity index (χ1n) is 4.07. The lowest BCUT2D eigenvalue weighted by Gasteiger charge is -1.93. The molecule has 0 aliphatic carbocycles. The van der Waals surface area contributed by atoms with Crippen molar-refractivity contribution in [3.63, 3.8) is 0 Å². The number of hydrogen-bond acceptors (Lipinski definition) is 3. The number of thiol groups is 1. The molecule has 0 fully saturated rings. The maximum absolute atomic E-state index is 10.7. The minimum Gasteiger partial charge on any atom is -0.226 e. The molecular weight excluding hydrogens is 216 g/mol. The van der Waals surface area contributed by atoms with Gasteiger partial charge in [-0.2, -0.15) is 0 Å². The summed E-state index contributed by atoms with van der Waals surface area (Å²) in [6.45, 7) is 0. The molecule has 0 saturated carbocycles. The molecule has 1 aromatic carbocycles. The minimum atomic E-state index is -2.45. The van der Waals surface area contributed by atoms with Crippen molar-refractivity contribution in [2.24, 2.45) is 0 Å². The quantitative estimate of drug-likeness (QED) is 0.795. The fraction of sp³-hybridized carbons (Fsp3) is 0. The molecule has 0 saturated heterocycles. The summed E-state index contributed by atoms with van der Waals surface area (Å²) >= 11 is 1.30. The van der Waals surface area contributed by atoms with E-state index in [4.69, 9.17) is 0 Å². The largest absolute Gasteiger partial charge is 0.226 e. The summed E-state index contributed by atoms with van der Waals surface area (Å²) < 4.78 is 21.8. The third kappa shape index (κ3) is 1.86. The Morgan fingerprint density at radius 2 is 1.64 bits per heavy atom. The Labute approximate surface area is 87.8 Å². The number of rotatable bonds is 2. The van der Waals surface area contributed by atoms with Crippen LogP contribution in [-0.2, 0) is 10.7 Å². The summed E-state index contributed by atoms with van der Waals surface area (Å²) in [6.07, 6.45) is 0. The van der Waals surface area contributed by atoms with Crippen LogP contribution in [0.5, 0.6) is 0 Å². The lowest BCUT2D eigenvalue weighted by molar-refractivity contribution is 0.616. The second-order valence-corrected chi connectivity index (χ2v) is 5.14. The van der Waals surface area contributed by atoms with E-state index in [9.17, 15) is 8.42 Å². The van der Waals surface area contributed by atoms with Crippen molar-refractivity contribution in [1.82, 2.24) is 0 Å². The molecule has 0 radical (unpaired) electrons. The van der Waals surface area contributed by atoms with E-state index in [1.54, 1.807) is 6.07 Å². The smallest absolute Gasteiger partial charge is 0.177 e. The van der Waals surface area contributed by atoms with E-state index in [2.05, 4.69) is 0 Å². The molecule has 0 spiro atoms. The molecule has 0 unspecified atom stereocenters. The number of hydrogen-bond donors (Lipinski definition) is 1. The molecule has 0 aliphatic rings. The monoisotopic (exact) mass is 224 g/mol. The van der Waals surface area contributed by atoms with Crippen LogP contribution >= 0.6 is 11.3 Å². The van der Waals surface area contributed by atoms with Crippen molar-refractivity contribution >= 4 is 22.0 Å². The fourth-order valence-electron chi connectivity index (χ4n) is 1.18. The van der Waals surface area contributed by atoms with Crippen molar-refractivity contribution < 1.29 is 8.42 Å². The molecule has 14 heavy (non-hydrogen) atoms. The molecular formula is C10H8O2S2. The van der Waals surface area contributed by atoms with Gasteiger partial charge in [0, 0.05) is 4.88 Å². The zero-order chi connectivity index (χ0) is 9.97. The van der Waals surface area contributed by atoms with Crippen molar-refractivity contribution in [2.75, 3.05) is 0 Å². The zero-order valence-corrected chi connectivity index (χ0v) is 8.92. The zero-order valence-electron chi connectivity index (χ0n) is 7.21. The van der Waals surface area contributed by atoms with Crippen LogP contribution in [-0.4, -0.2) is 8.42 Å². The second-order valence-electron chi connectivity index (χ2n) is 2.76. The first-order valence-corrected chi connectivity index (χ1v) is 6.06. The molecule has 0 bridgehead atoms. The summed E-state index contributed by atoms with van der Waals surface area (Å²) in [4.78, 5) is 0.986. The minimum absolute atomic E-state index is 0.416. The Hall–Kier alpha value is -1.13. The van der Waals surface area contributed by atoms with Crippen LogP contribution in [0.15, 0.2) is 46.7 Å². The van der Waals surface area contributed by atoms with Crippen molar-refractivity contribution in [3.8, 4) is 10.4 Å². The van der Waals surface area contributed by atoms with Gasteiger partial charge in [0.25, 0.3) is 0 Å². The Morgan fingerprint density at radius 3 is 2.21 bits per heavy atom. The molecule has 0 atom stereocenters. The highest BCUT2D eigenvalue weighted by Gasteiger charge is 2.02. The third-order valence-electron chi connectivity index (χ3n) is 1.83. The third-order valence-corrected chi connectivity index (χ3v) is 4.00. The molecule has 2 aromatic rings. The van der Waals surface area contributed by atoms with E-state index in [-0.39, 0.29) is 0 Å². The molecule has 0 aliphatic heterocycles. The van der Waals surface area contributed by atoms with E-state index < -0.39 is 10.7 Å². The summed E-state index contributed by atoms with van der Waals surface area (Å²) in [5.74, 6) is 0. The lowest BCUT2D eigenvalue weighted by Crippen LogP contribution is -1.69. The van der Waals surface area contributed by atoms with Gasteiger partial charge in [-0.15, -0.1) is 11.3 Å². The summed E-state index contributed by atoms with van der Waals surface area (Å²) in [7, 11) is -2.45. The van der Waals surface area contributed by atoms with E-state index in [0.717, 1.165) is 10.4 Å². The van der Waals surface area contributed by atoms with Crippen molar-refractivity contribution in [1.29, 1.82) is 0 Å². The molecule has 0 N–H and O–H groups in total. The molecule has 2 nitrogen and oxygen atoms in total. The molecule has 4 heteroatoms. The topological polar surface area (TPSA) is 34.1 Å². The van der Waals surface area contributed by atoms with Crippen LogP contribution in [0.25, 0.3) is 10.4 Å².